The van der Waals surface area contributed by atoms with Crippen molar-refractivity contribution in [1.82, 2.24) is 9.55 Å². The first-order chi connectivity index (χ1) is 22.8. The topological polar surface area (TPSA) is 65.4 Å². The van der Waals surface area contributed by atoms with Gasteiger partial charge in [0.2, 0.25) is 5.91 Å². The highest BCUT2D eigenvalue weighted by atomic mass is 19.1. The molecule has 0 spiro atoms. The van der Waals surface area contributed by atoms with Crippen molar-refractivity contribution in [3.63, 3.8) is 0 Å². The van der Waals surface area contributed by atoms with E-state index in [9.17, 15) is 13.6 Å². The van der Waals surface area contributed by atoms with E-state index in [-0.39, 0.29) is 12.0 Å². The molecule has 48 heavy (non-hydrogen) atoms. The molecule has 6 nitrogen and oxygen atoms in total. The molecule has 1 aliphatic rings. The first-order valence-corrected chi connectivity index (χ1v) is 16.8. The number of hydrogen-bond donors (Lipinski definition) is 1. The fourth-order valence-electron chi connectivity index (χ4n) is 6.19. The van der Waals surface area contributed by atoms with Gasteiger partial charge < -0.3 is 19.4 Å². The summed E-state index contributed by atoms with van der Waals surface area (Å²) < 4.78 is 42.3. The minimum Gasteiger partial charge on any atom is -0.494 e. The van der Waals surface area contributed by atoms with Crippen LogP contribution in [0.5, 0.6) is 11.5 Å². The van der Waals surface area contributed by atoms with Crippen LogP contribution in [0.1, 0.15) is 101 Å². The maximum Gasteiger partial charge on any atom is 0.230 e. The number of imidazole rings is 1. The third-order valence-corrected chi connectivity index (χ3v) is 9.12. The van der Waals surface area contributed by atoms with Gasteiger partial charge in [-0.25, -0.2) is 13.8 Å². The summed E-state index contributed by atoms with van der Waals surface area (Å²) in [5.41, 5.74) is 4.83. The number of para-hydroxylation sites is 1. The number of rotatable bonds is 13. The molecule has 0 radical (unpaired) electrons. The largest absolute Gasteiger partial charge is 0.494 e. The lowest BCUT2D eigenvalue weighted by Crippen LogP contribution is -2.32. The molecule has 5 rings (SSSR count). The van der Waals surface area contributed by atoms with Crippen molar-refractivity contribution in [1.29, 1.82) is 0 Å². The number of carbonyl (C=O) groups is 1. The zero-order valence-electron chi connectivity index (χ0n) is 29.1. The predicted molar refractivity (Wildman–Crippen MR) is 188 cm³/mol. The van der Waals surface area contributed by atoms with E-state index in [4.69, 9.17) is 9.47 Å². The summed E-state index contributed by atoms with van der Waals surface area (Å²) in [7, 11) is 1.92. The SMILES string of the molecule is CC(C)c1cccc(C(C)C)c1NC(=O)C(C)(C)CCCOc1ccc2c(c1)C=C(c1nccn1C)C(CCc1ccc(F)cc1F)O2. The molecule has 0 aliphatic carbocycles. The van der Waals surface area contributed by atoms with Crippen LogP contribution in [-0.4, -0.2) is 28.2 Å². The molecule has 4 aromatic rings. The van der Waals surface area contributed by atoms with Crippen LogP contribution in [0, 0.1) is 17.0 Å². The third kappa shape index (κ3) is 7.97. The van der Waals surface area contributed by atoms with Gasteiger partial charge in [-0.15, -0.1) is 0 Å². The van der Waals surface area contributed by atoms with Gasteiger partial charge in [-0.1, -0.05) is 65.8 Å². The van der Waals surface area contributed by atoms with Gasteiger partial charge in [0.15, 0.2) is 0 Å². The molecule has 1 atom stereocenters. The van der Waals surface area contributed by atoms with Crippen molar-refractivity contribution in [2.75, 3.05) is 11.9 Å². The number of carbonyl (C=O) groups excluding carboxylic acids is 1. The van der Waals surface area contributed by atoms with Crippen molar-refractivity contribution in [3.8, 4) is 11.5 Å². The average Bonchev–Trinajstić information content (AvgIpc) is 3.47. The predicted octanol–water partition coefficient (Wildman–Crippen LogP) is 9.70. The maximum atomic E-state index is 14.4. The number of nitrogens with one attached hydrogen (secondary N) is 1. The second kappa shape index (κ2) is 14.8. The van der Waals surface area contributed by atoms with Gasteiger partial charge in [-0.3, -0.25) is 4.79 Å². The van der Waals surface area contributed by atoms with Crippen molar-refractivity contribution in [2.45, 2.75) is 85.2 Å². The molecule has 3 aromatic carbocycles. The van der Waals surface area contributed by atoms with Gasteiger partial charge in [0.1, 0.15) is 35.1 Å². The van der Waals surface area contributed by atoms with Crippen LogP contribution < -0.4 is 14.8 Å². The minimum atomic E-state index is -0.594. The Bertz CT molecular complexity index is 1760. The van der Waals surface area contributed by atoms with Crippen molar-refractivity contribution < 1.29 is 23.0 Å². The fraction of sp³-hybridized carbons (Fsp3) is 0.400. The number of hydrogen-bond acceptors (Lipinski definition) is 4. The Morgan fingerprint density at radius 1 is 1.04 bits per heavy atom. The van der Waals surface area contributed by atoms with E-state index in [2.05, 4.69) is 56.2 Å². The molecular weight excluding hydrogens is 608 g/mol. The molecule has 1 aromatic heterocycles. The molecule has 1 amide bonds. The molecular formula is C40H47F2N3O3. The zero-order valence-corrected chi connectivity index (χ0v) is 29.1. The molecule has 0 saturated carbocycles. The number of anilines is 1. The van der Waals surface area contributed by atoms with Crippen molar-refractivity contribution >= 4 is 23.2 Å². The van der Waals surface area contributed by atoms with Gasteiger partial charge in [-0.2, -0.15) is 0 Å². The second-order valence-electron chi connectivity index (χ2n) is 14.0. The molecule has 1 N–H and O–H groups in total. The molecule has 0 bridgehead atoms. The lowest BCUT2D eigenvalue weighted by molar-refractivity contribution is -0.124. The summed E-state index contributed by atoms with van der Waals surface area (Å²) in [6.45, 7) is 13.0. The van der Waals surface area contributed by atoms with E-state index in [1.165, 1.54) is 12.1 Å². The number of aromatic nitrogens is 2. The number of fused-ring (bicyclic) bond motifs is 1. The highest BCUT2D eigenvalue weighted by Crippen LogP contribution is 2.38. The maximum absolute atomic E-state index is 14.4. The molecule has 0 fully saturated rings. The number of nitrogens with zero attached hydrogens (tertiary/aromatic N) is 2. The van der Waals surface area contributed by atoms with Crippen LogP contribution in [0.2, 0.25) is 0 Å². The molecule has 1 aliphatic heterocycles. The number of amides is 1. The van der Waals surface area contributed by atoms with E-state index < -0.39 is 17.0 Å². The Balaban J connectivity index is 1.23. The smallest absolute Gasteiger partial charge is 0.230 e. The monoisotopic (exact) mass is 655 g/mol. The first kappa shape index (κ1) is 34.9. The summed E-state index contributed by atoms with van der Waals surface area (Å²) >= 11 is 0. The minimum absolute atomic E-state index is 0.00658. The molecule has 254 valence electrons. The van der Waals surface area contributed by atoms with E-state index in [1.807, 2.05) is 55.9 Å². The van der Waals surface area contributed by atoms with E-state index in [1.54, 1.807) is 6.20 Å². The van der Waals surface area contributed by atoms with Gasteiger partial charge in [0.05, 0.1) is 6.61 Å². The van der Waals surface area contributed by atoms with Crippen LogP contribution >= 0.6 is 0 Å². The van der Waals surface area contributed by atoms with E-state index in [0.29, 0.717) is 61.2 Å². The van der Waals surface area contributed by atoms with Gasteiger partial charge >= 0.3 is 0 Å². The molecule has 2 heterocycles. The van der Waals surface area contributed by atoms with Crippen LogP contribution in [0.4, 0.5) is 14.5 Å². The van der Waals surface area contributed by atoms with Crippen molar-refractivity contribution in [3.05, 3.63) is 107 Å². The second-order valence-corrected chi connectivity index (χ2v) is 14.0. The molecule has 0 saturated heterocycles. The van der Waals surface area contributed by atoms with Crippen LogP contribution in [0.15, 0.2) is 67.0 Å². The van der Waals surface area contributed by atoms with Gasteiger partial charge in [0, 0.05) is 47.7 Å². The molecule has 1 unspecified atom stereocenters. The summed E-state index contributed by atoms with van der Waals surface area (Å²) in [4.78, 5) is 18.1. The highest BCUT2D eigenvalue weighted by molar-refractivity contribution is 5.96. The van der Waals surface area contributed by atoms with Crippen LogP contribution in [0.25, 0.3) is 11.6 Å². The molecule has 8 heteroatoms. The summed E-state index contributed by atoms with van der Waals surface area (Å²) in [5, 5.41) is 3.28. The highest BCUT2D eigenvalue weighted by Gasteiger charge is 2.30. The number of halogens is 2. The Kier molecular flexibility index (Phi) is 10.7. The van der Waals surface area contributed by atoms with Gasteiger partial charge in [-0.05, 0) is 84.6 Å². The Labute approximate surface area is 283 Å². The standard InChI is InChI=1S/C40H47F2N3O3/c1-25(2)31-10-8-11-32(26(3)4)37(31)44-39(46)40(5,6)18-9-21-47-30-15-17-35-28(22-30)23-33(38-43-19-20-45(38)7)36(48-35)16-13-27-12-14-29(41)24-34(27)42/h8,10-12,14-15,17,19-20,22-26,36H,9,13,16,18,21H2,1-7H3,(H,44,46). The Morgan fingerprint density at radius 3 is 2.42 bits per heavy atom. The van der Waals surface area contributed by atoms with Gasteiger partial charge in [0.25, 0.3) is 0 Å². The number of ether oxygens (including phenoxy) is 2. The lowest BCUT2D eigenvalue weighted by Gasteiger charge is -2.28. The summed E-state index contributed by atoms with van der Waals surface area (Å²) in [6.07, 6.45) is 7.52. The zero-order chi connectivity index (χ0) is 34.6. The quantitative estimate of drug-likeness (QED) is 0.146. The Hall–Kier alpha value is -4.46. The average molecular weight is 656 g/mol. The Morgan fingerprint density at radius 2 is 1.77 bits per heavy atom. The normalized spacial score (nSPS) is 14.5. The summed E-state index contributed by atoms with van der Waals surface area (Å²) in [5.74, 6) is 1.60. The van der Waals surface area contributed by atoms with Crippen LogP contribution in [0.3, 0.4) is 0 Å². The van der Waals surface area contributed by atoms with Crippen molar-refractivity contribution in [2.24, 2.45) is 12.5 Å². The van der Waals surface area contributed by atoms with Crippen LogP contribution in [-0.2, 0) is 18.3 Å². The summed E-state index contributed by atoms with van der Waals surface area (Å²) in [6, 6.07) is 15.6. The lowest BCUT2D eigenvalue weighted by atomic mass is 9.86. The first-order valence-electron chi connectivity index (χ1n) is 16.8. The fourth-order valence-corrected chi connectivity index (χ4v) is 6.19. The van der Waals surface area contributed by atoms with E-state index >= 15 is 0 Å². The third-order valence-electron chi connectivity index (χ3n) is 9.12. The van der Waals surface area contributed by atoms with E-state index in [0.717, 1.165) is 39.8 Å². The number of aryl methyl sites for hydroxylation is 2. The number of benzene rings is 3.